The maximum Gasteiger partial charge on any atom is 0.226 e. The van der Waals surface area contributed by atoms with E-state index in [0.29, 0.717) is 19.6 Å². The van der Waals surface area contributed by atoms with Crippen molar-refractivity contribution in [1.29, 1.82) is 0 Å². The Morgan fingerprint density at radius 3 is 3.29 bits per heavy atom. The molecule has 2 aliphatic heterocycles. The van der Waals surface area contributed by atoms with Crippen molar-refractivity contribution in [2.45, 2.75) is 50.9 Å². The van der Waals surface area contributed by atoms with Gasteiger partial charge in [-0.1, -0.05) is 16.9 Å². The van der Waals surface area contributed by atoms with Gasteiger partial charge < -0.3 is 9.64 Å². The molecule has 1 amide bonds. The number of nitrogens with zero attached hydrogens (tertiary/aromatic N) is 4. The van der Waals surface area contributed by atoms with Gasteiger partial charge in [-0.2, -0.15) is 0 Å². The quantitative estimate of drug-likeness (QED) is 0.773. The van der Waals surface area contributed by atoms with Crippen LogP contribution >= 0.6 is 0 Å². The maximum atomic E-state index is 12.4. The van der Waals surface area contributed by atoms with Crippen molar-refractivity contribution in [1.82, 2.24) is 19.9 Å². The van der Waals surface area contributed by atoms with Gasteiger partial charge in [0.15, 0.2) is 0 Å². The highest BCUT2D eigenvalue weighted by atomic mass is 16.5. The molecule has 112 valence electrons. The van der Waals surface area contributed by atoms with E-state index in [9.17, 15) is 4.79 Å². The summed E-state index contributed by atoms with van der Waals surface area (Å²) in [6.45, 7) is 2.01. The van der Waals surface area contributed by atoms with Gasteiger partial charge in [0, 0.05) is 19.5 Å². The standard InChI is InChI=1S/C15H20N4O2/c20-15(7-11-3-1-2-4-11)18-6-5-13-14(9-18)21-10-12-8-16-17-19(12)13/h3,8,13-14H,1-2,4-7,9-10H2/t13-,14-/m0/s1. The van der Waals surface area contributed by atoms with Crippen molar-refractivity contribution in [3.8, 4) is 0 Å². The SMILES string of the molecule is O=C(CC1=CCCC1)N1CC[C@H]2[C@H](C1)OCc1cnnn12. The average Bonchev–Trinajstić information content (AvgIpc) is 3.17. The predicted octanol–water partition coefficient (Wildman–Crippen LogP) is 1.45. The summed E-state index contributed by atoms with van der Waals surface area (Å²) in [5.74, 6) is 0.245. The predicted molar refractivity (Wildman–Crippen MR) is 75.4 cm³/mol. The Bertz CT molecular complexity index is 580. The molecule has 6 heteroatoms. The fraction of sp³-hybridized carbons (Fsp3) is 0.667. The van der Waals surface area contributed by atoms with Crippen molar-refractivity contribution in [2.75, 3.05) is 13.1 Å². The summed E-state index contributed by atoms with van der Waals surface area (Å²) in [6, 6.07) is 0.228. The highest BCUT2D eigenvalue weighted by Crippen LogP contribution is 2.31. The fourth-order valence-corrected chi connectivity index (χ4v) is 3.62. The molecule has 1 saturated heterocycles. The smallest absolute Gasteiger partial charge is 0.226 e. The highest BCUT2D eigenvalue weighted by Gasteiger charge is 2.37. The second-order valence-corrected chi connectivity index (χ2v) is 6.15. The Morgan fingerprint density at radius 2 is 2.43 bits per heavy atom. The molecule has 2 atom stereocenters. The molecule has 0 N–H and O–H groups in total. The zero-order chi connectivity index (χ0) is 14.2. The summed E-state index contributed by atoms with van der Waals surface area (Å²) in [4.78, 5) is 14.4. The third kappa shape index (κ3) is 2.37. The van der Waals surface area contributed by atoms with Crippen molar-refractivity contribution < 1.29 is 9.53 Å². The van der Waals surface area contributed by atoms with Crippen LogP contribution < -0.4 is 0 Å². The van der Waals surface area contributed by atoms with Crippen LogP contribution in [0.3, 0.4) is 0 Å². The molecular weight excluding hydrogens is 268 g/mol. The normalized spacial score (nSPS) is 28.0. The Morgan fingerprint density at radius 1 is 1.48 bits per heavy atom. The lowest BCUT2D eigenvalue weighted by Gasteiger charge is -2.41. The van der Waals surface area contributed by atoms with Crippen LogP contribution in [0.1, 0.15) is 43.8 Å². The van der Waals surface area contributed by atoms with Gasteiger partial charge in [-0.05, 0) is 25.7 Å². The van der Waals surface area contributed by atoms with E-state index < -0.39 is 0 Å². The van der Waals surface area contributed by atoms with Crippen molar-refractivity contribution in [3.63, 3.8) is 0 Å². The molecule has 0 unspecified atom stereocenters. The molecule has 4 rings (SSSR count). The fourth-order valence-electron chi connectivity index (χ4n) is 3.62. The molecule has 3 aliphatic rings. The van der Waals surface area contributed by atoms with Crippen LogP contribution in [0.2, 0.25) is 0 Å². The number of ether oxygens (including phenoxy) is 1. The lowest BCUT2D eigenvalue weighted by Crippen LogP contribution is -2.50. The monoisotopic (exact) mass is 288 g/mol. The number of amides is 1. The number of aromatic nitrogens is 3. The molecule has 6 nitrogen and oxygen atoms in total. The Hall–Kier alpha value is -1.69. The largest absolute Gasteiger partial charge is 0.368 e. The van der Waals surface area contributed by atoms with Gasteiger partial charge in [0.05, 0.1) is 30.6 Å². The number of hydrogen-bond donors (Lipinski definition) is 0. The van der Waals surface area contributed by atoms with Gasteiger partial charge in [-0.25, -0.2) is 4.68 Å². The van der Waals surface area contributed by atoms with E-state index in [2.05, 4.69) is 16.4 Å². The van der Waals surface area contributed by atoms with Gasteiger partial charge in [-0.15, -0.1) is 5.10 Å². The van der Waals surface area contributed by atoms with Crippen LogP contribution in [0.25, 0.3) is 0 Å². The first-order valence-electron chi connectivity index (χ1n) is 7.77. The number of piperidine rings is 1. The van der Waals surface area contributed by atoms with Crippen LogP contribution in [0.4, 0.5) is 0 Å². The van der Waals surface area contributed by atoms with Crippen molar-refractivity contribution in [2.24, 2.45) is 0 Å². The lowest BCUT2D eigenvalue weighted by molar-refractivity contribution is -0.138. The van der Waals surface area contributed by atoms with E-state index in [1.165, 1.54) is 12.0 Å². The summed E-state index contributed by atoms with van der Waals surface area (Å²) in [5.41, 5.74) is 2.34. The molecular formula is C15H20N4O2. The number of hydrogen-bond acceptors (Lipinski definition) is 4. The summed E-state index contributed by atoms with van der Waals surface area (Å²) >= 11 is 0. The minimum Gasteiger partial charge on any atom is -0.368 e. The van der Waals surface area contributed by atoms with Crippen LogP contribution in [0, 0.1) is 0 Å². The second kappa shape index (κ2) is 5.26. The molecule has 0 radical (unpaired) electrons. The first-order chi connectivity index (χ1) is 10.3. The number of carbonyl (C=O) groups is 1. The Balaban J connectivity index is 1.42. The molecule has 21 heavy (non-hydrogen) atoms. The Kier molecular flexibility index (Phi) is 3.25. The second-order valence-electron chi connectivity index (χ2n) is 6.15. The topological polar surface area (TPSA) is 60.3 Å². The van der Waals surface area contributed by atoms with E-state index in [-0.39, 0.29) is 18.1 Å². The van der Waals surface area contributed by atoms with Gasteiger partial charge in [0.1, 0.15) is 0 Å². The maximum absolute atomic E-state index is 12.4. The van der Waals surface area contributed by atoms with Crippen LogP contribution in [0.15, 0.2) is 17.8 Å². The van der Waals surface area contributed by atoms with Crippen LogP contribution in [-0.2, 0) is 16.1 Å². The van der Waals surface area contributed by atoms with E-state index in [1.54, 1.807) is 6.20 Å². The third-order valence-corrected chi connectivity index (χ3v) is 4.80. The molecule has 0 bridgehead atoms. The highest BCUT2D eigenvalue weighted by molar-refractivity contribution is 5.79. The zero-order valence-electron chi connectivity index (χ0n) is 12.1. The number of rotatable bonds is 2. The van der Waals surface area contributed by atoms with Crippen LogP contribution in [-0.4, -0.2) is 45.0 Å². The molecule has 0 spiro atoms. The van der Waals surface area contributed by atoms with Crippen molar-refractivity contribution >= 4 is 5.91 Å². The third-order valence-electron chi connectivity index (χ3n) is 4.80. The van der Waals surface area contributed by atoms with Gasteiger partial charge >= 0.3 is 0 Å². The van der Waals surface area contributed by atoms with Gasteiger partial charge in [0.25, 0.3) is 0 Å². The first-order valence-corrected chi connectivity index (χ1v) is 7.77. The number of likely N-dealkylation sites (tertiary alicyclic amines) is 1. The lowest BCUT2D eigenvalue weighted by atomic mass is 9.99. The number of fused-ring (bicyclic) bond motifs is 3. The van der Waals surface area contributed by atoms with Crippen molar-refractivity contribution in [3.05, 3.63) is 23.5 Å². The van der Waals surface area contributed by atoms with E-state index >= 15 is 0 Å². The van der Waals surface area contributed by atoms with Crippen LogP contribution in [0.5, 0.6) is 0 Å². The summed E-state index contributed by atoms with van der Waals surface area (Å²) < 4.78 is 7.89. The minimum absolute atomic E-state index is 0.0504. The summed E-state index contributed by atoms with van der Waals surface area (Å²) in [5, 5.41) is 8.13. The van der Waals surface area contributed by atoms with Gasteiger partial charge in [-0.3, -0.25) is 4.79 Å². The van der Waals surface area contributed by atoms with Gasteiger partial charge in [0.2, 0.25) is 5.91 Å². The first kappa shape index (κ1) is 13.0. The Labute approximate surface area is 123 Å². The van der Waals surface area contributed by atoms with E-state index in [0.717, 1.165) is 31.5 Å². The molecule has 0 aromatic carbocycles. The molecule has 1 aromatic heterocycles. The summed E-state index contributed by atoms with van der Waals surface area (Å²) in [7, 11) is 0. The zero-order valence-corrected chi connectivity index (χ0v) is 12.1. The molecule has 1 aliphatic carbocycles. The molecule has 0 saturated carbocycles. The number of allylic oxidation sites excluding steroid dienone is 1. The van der Waals surface area contributed by atoms with E-state index in [4.69, 9.17) is 4.74 Å². The number of carbonyl (C=O) groups excluding carboxylic acids is 1. The summed E-state index contributed by atoms with van der Waals surface area (Å²) in [6.07, 6.45) is 8.94. The average molecular weight is 288 g/mol. The minimum atomic E-state index is 0.0504. The molecule has 1 aromatic rings. The molecule has 1 fully saturated rings. The van der Waals surface area contributed by atoms with E-state index in [1.807, 2.05) is 9.58 Å². The molecule has 3 heterocycles.